The van der Waals surface area contributed by atoms with Crippen LogP contribution in [0.15, 0.2) is 22.4 Å². The molecule has 150 valence electrons. The van der Waals surface area contributed by atoms with E-state index in [9.17, 15) is 8.42 Å². The average Bonchev–Trinajstić information content (AvgIpc) is 3.00. The average molecular weight is 417 g/mol. The normalized spacial score (nSPS) is 31.3. The zero-order valence-electron chi connectivity index (χ0n) is 16.8. The van der Waals surface area contributed by atoms with Gasteiger partial charge in [0, 0.05) is 10.8 Å². The molecule has 4 fully saturated rings. The van der Waals surface area contributed by atoms with Gasteiger partial charge in [-0.25, -0.2) is 13.4 Å². The lowest BCUT2D eigenvalue weighted by Gasteiger charge is -2.56. The van der Waals surface area contributed by atoms with Crippen LogP contribution in [-0.2, 0) is 15.4 Å². The molecule has 0 saturated heterocycles. The van der Waals surface area contributed by atoms with Crippen molar-refractivity contribution >= 4 is 26.5 Å². The second-order valence-electron chi connectivity index (χ2n) is 9.57. The molecule has 4 aliphatic carbocycles. The zero-order valence-corrected chi connectivity index (χ0v) is 18.4. The summed E-state index contributed by atoms with van der Waals surface area (Å²) in [6.45, 7) is 5.71. The molecule has 0 unspecified atom stereocenters. The van der Waals surface area contributed by atoms with E-state index < -0.39 is 10.0 Å². The third kappa shape index (κ3) is 3.00. The summed E-state index contributed by atoms with van der Waals surface area (Å²) in [4.78, 5) is 5.20. The van der Waals surface area contributed by atoms with Crippen LogP contribution in [0, 0.1) is 38.5 Å². The number of hydrogen-bond acceptors (Lipinski definition) is 4. The summed E-state index contributed by atoms with van der Waals surface area (Å²) in [5.41, 5.74) is 3.97. The maximum atomic E-state index is 13.1. The molecule has 6 rings (SSSR count). The topological polar surface area (TPSA) is 59.1 Å². The quantitative estimate of drug-likeness (QED) is 0.732. The fourth-order valence-electron chi connectivity index (χ4n) is 6.75. The largest absolute Gasteiger partial charge is 0.264 e. The molecule has 1 aromatic heterocycles. The Balaban J connectivity index is 1.43. The first-order chi connectivity index (χ1) is 13.2. The zero-order chi connectivity index (χ0) is 19.7. The second kappa shape index (κ2) is 6.30. The molecule has 0 aliphatic heterocycles. The number of nitrogens with one attached hydrogen (secondary N) is 1. The highest BCUT2D eigenvalue weighted by molar-refractivity contribution is 7.93. The van der Waals surface area contributed by atoms with Gasteiger partial charge in [-0.05, 0) is 88.2 Å². The summed E-state index contributed by atoms with van der Waals surface area (Å²) in [6, 6.07) is 3.84. The van der Waals surface area contributed by atoms with Gasteiger partial charge < -0.3 is 0 Å². The Kier molecular flexibility index (Phi) is 4.19. The minimum absolute atomic E-state index is 0.199. The van der Waals surface area contributed by atoms with Crippen molar-refractivity contribution in [2.45, 2.75) is 69.6 Å². The number of hydrogen-bond donors (Lipinski definition) is 1. The van der Waals surface area contributed by atoms with Crippen LogP contribution in [-0.4, -0.2) is 13.4 Å². The number of anilines is 1. The molecule has 4 bridgehead atoms. The molecule has 2 aromatic rings. The lowest BCUT2D eigenvalue weighted by Crippen LogP contribution is -2.48. The molecule has 1 N–H and O–H groups in total. The van der Waals surface area contributed by atoms with Crippen LogP contribution in [0.3, 0.4) is 0 Å². The van der Waals surface area contributed by atoms with Gasteiger partial charge in [-0.1, -0.05) is 17.7 Å². The van der Waals surface area contributed by atoms with Crippen molar-refractivity contribution in [3.8, 4) is 0 Å². The molecule has 6 heteroatoms. The molecule has 1 heterocycles. The Morgan fingerprint density at radius 1 is 1.00 bits per heavy atom. The lowest BCUT2D eigenvalue weighted by molar-refractivity contribution is -0.00688. The van der Waals surface area contributed by atoms with E-state index in [0.29, 0.717) is 10.0 Å². The Morgan fingerprint density at radius 2 is 1.54 bits per heavy atom. The van der Waals surface area contributed by atoms with Crippen molar-refractivity contribution in [1.29, 1.82) is 0 Å². The van der Waals surface area contributed by atoms with Gasteiger partial charge in [0.25, 0.3) is 10.0 Å². The molecule has 0 amide bonds. The van der Waals surface area contributed by atoms with E-state index in [1.807, 2.05) is 32.9 Å². The third-order valence-corrected chi connectivity index (χ3v) is 9.71. The number of thiazole rings is 1. The minimum atomic E-state index is -3.64. The molecule has 0 radical (unpaired) electrons. The summed E-state index contributed by atoms with van der Waals surface area (Å²) >= 11 is 1.43. The van der Waals surface area contributed by atoms with Crippen molar-refractivity contribution in [2.75, 3.05) is 4.72 Å². The van der Waals surface area contributed by atoms with Crippen LogP contribution >= 0.6 is 11.3 Å². The monoisotopic (exact) mass is 416 g/mol. The standard InChI is InChI=1S/C22H28N2O2S2/c1-13-4-14(2)20(15(3)5-13)28(25,26)24-21-23-19(12-27-21)22-9-16-6-17(10-22)8-18(7-16)11-22/h4-5,12,16-18H,6-11H2,1-3H3,(H,23,24). The van der Waals surface area contributed by atoms with Crippen molar-refractivity contribution in [3.63, 3.8) is 0 Å². The minimum Gasteiger partial charge on any atom is -0.255 e. The summed E-state index contributed by atoms with van der Waals surface area (Å²) in [6.07, 6.45) is 7.92. The smallest absolute Gasteiger partial charge is 0.255 e. The van der Waals surface area contributed by atoms with Crippen LogP contribution in [0.1, 0.15) is 60.9 Å². The summed E-state index contributed by atoms with van der Waals surface area (Å²) in [7, 11) is -3.64. The van der Waals surface area contributed by atoms with Crippen LogP contribution in [0.4, 0.5) is 5.13 Å². The third-order valence-electron chi connectivity index (χ3n) is 7.18. The number of nitrogens with zero attached hydrogens (tertiary/aromatic N) is 1. The fraction of sp³-hybridized carbons (Fsp3) is 0.591. The summed E-state index contributed by atoms with van der Waals surface area (Å²) < 4.78 is 28.9. The summed E-state index contributed by atoms with van der Waals surface area (Å²) in [5, 5.41) is 2.62. The number of sulfonamides is 1. The molecule has 0 spiro atoms. The van der Waals surface area contributed by atoms with Gasteiger partial charge in [0.15, 0.2) is 5.13 Å². The predicted octanol–water partition coefficient (Wildman–Crippen LogP) is 5.34. The van der Waals surface area contributed by atoms with E-state index in [0.717, 1.165) is 40.1 Å². The van der Waals surface area contributed by atoms with Crippen LogP contribution in [0.25, 0.3) is 0 Å². The number of rotatable bonds is 4. The molecule has 4 nitrogen and oxygen atoms in total. The summed E-state index contributed by atoms with van der Waals surface area (Å²) in [5.74, 6) is 2.56. The highest BCUT2D eigenvalue weighted by Crippen LogP contribution is 2.60. The van der Waals surface area contributed by atoms with E-state index in [1.54, 1.807) is 0 Å². The number of aryl methyl sites for hydroxylation is 3. The van der Waals surface area contributed by atoms with Crippen LogP contribution in [0.2, 0.25) is 0 Å². The highest BCUT2D eigenvalue weighted by Gasteiger charge is 2.52. The van der Waals surface area contributed by atoms with Gasteiger partial charge in [0.05, 0.1) is 10.6 Å². The van der Waals surface area contributed by atoms with Gasteiger partial charge in [-0.2, -0.15) is 0 Å². The second-order valence-corrected chi connectivity index (χ2v) is 12.0. The molecule has 0 atom stereocenters. The lowest BCUT2D eigenvalue weighted by atomic mass is 9.49. The van der Waals surface area contributed by atoms with E-state index in [-0.39, 0.29) is 5.41 Å². The number of benzene rings is 1. The maximum absolute atomic E-state index is 13.1. The van der Waals surface area contributed by atoms with Crippen LogP contribution in [0.5, 0.6) is 0 Å². The van der Waals surface area contributed by atoms with Gasteiger partial charge in [0.1, 0.15) is 0 Å². The van der Waals surface area contributed by atoms with Crippen molar-refractivity contribution in [2.24, 2.45) is 17.8 Å². The first-order valence-electron chi connectivity index (χ1n) is 10.3. The van der Waals surface area contributed by atoms with Gasteiger partial charge in [-0.15, -0.1) is 11.3 Å². The van der Waals surface area contributed by atoms with E-state index >= 15 is 0 Å². The fourth-order valence-corrected chi connectivity index (χ4v) is 9.29. The molecular formula is C22H28N2O2S2. The molecule has 4 aliphatic rings. The predicted molar refractivity (Wildman–Crippen MR) is 113 cm³/mol. The Bertz CT molecular complexity index is 980. The maximum Gasteiger partial charge on any atom is 0.264 e. The first kappa shape index (κ1) is 18.6. The Labute approximate surface area is 171 Å². The van der Waals surface area contributed by atoms with Gasteiger partial charge in [-0.3, -0.25) is 4.72 Å². The van der Waals surface area contributed by atoms with Crippen molar-refractivity contribution in [1.82, 2.24) is 4.98 Å². The van der Waals surface area contributed by atoms with E-state index in [2.05, 4.69) is 10.1 Å². The molecule has 1 aromatic carbocycles. The number of aromatic nitrogens is 1. The van der Waals surface area contributed by atoms with Crippen LogP contribution < -0.4 is 4.72 Å². The Morgan fingerprint density at radius 3 is 2.07 bits per heavy atom. The molecule has 4 saturated carbocycles. The van der Waals surface area contributed by atoms with Gasteiger partial charge >= 0.3 is 0 Å². The van der Waals surface area contributed by atoms with E-state index in [1.165, 1.54) is 49.9 Å². The molecular weight excluding hydrogens is 388 g/mol. The SMILES string of the molecule is Cc1cc(C)c(S(=O)(=O)Nc2nc(C34CC5CC(CC(C5)C3)C4)cs2)c(C)c1. The first-order valence-corrected chi connectivity index (χ1v) is 12.7. The highest BCUT2D eigenvalue weighted by atomic mass is 32.2. The molecule has 28 heavy (non-hydrogen) atoms. The van der Waals surface area contributed by atoms with Gasteiger partial charge in [0.2, 0.25) is 0 Å². The van der Waals surface area contributed by atoms with E-state index in [4.69, 9.17) is 4.98 Å². The van der Waals surface area contributed by atoms with Crippen molar-refractivity contribution in [3.05, 3.63) is 39.9 Å². The Hall–Kier alpha value is -1.40. The van der Waals surface area contributed by atoms with Crippen molar-refractivity contribution < 1.29 is 8.42 Å².